The molecule has 0 unspecified atom stereocenters. The number of benzene rings is 1. The maximum Gasteiger partial charge on any atom is 0.277 e. The van der Waals surface area contributed by atoms with Crippen molar-refractivity contribution in [1.82, 2.24) is 14.7 Å². The van der Waals surface area contributed by atoms with Crippen molar-refractivity contribution < 1.29 is 9.59 Å². The van der Waals surface area contributed by atoms with Crippen LogP contribution in [0.4, 0.5) is 0 Å². The van der Waals surface area contributed by atoms with Crippen LogP contribution >= 0.6 is 11.6 Å². The molecule has 0 bridgehead atoms. The molecule has 1 fully saturated rings. The molecule has 0 aliphatic carbocycles. The summed E-state index contributed by atoms with van der Waals surface area (Å²) in [6.45, 7) is 6.02. The minimum absolute atomic E-state index is 0.137. The number of carbonyl (C=O) groups is 2. The van der Waals surface area contributed by atoms with Gasteiger partial charge in [0, 0.05) is 37.7 Å². The Hall–Kier alpha value is -1.85. The Bertz CT molecular complexity index is 782. The Labute approximate surface area is 192 Å². The van der Waals surface area contributed by atoms with E-state index in [-0.39, 0.29) is 11.8 Å². The van der Waals surface area contributed by atoms with Gasteiger partial charge in [-0.1, -0.05) is 75.6 Å². The van der Waals surface area contributed by atoms with Gasteiger partial charge in [-0.3, -0.25) is 14.5 Å². The van der Waals surface area contributed by atoms with Gasteiger partial charge in [-0.05, 0) is 31.2 Å². The first-order valence-corrected chi connectivity index (χ1v) is 12.2. The maximum absolute atomic E-state index is 13.4. The molecule has 3 rings (SSSR count). The van der Waals surface area contributed by atoms with E-state index in [9.17, 15) is 9.59 Å². The first-order valence-electron chi connectivity index (χ1n) is 11.8. The predicted octanol–water partition coefficient (Wildman–Crippen LogP) is 4.81. The molecule has 1 aromatic rings. The zero-order valence-corrected chi connectivity index (χ0v) is 19.8. The van der Waals surface area contributed by atoms with Gasteiger partial charge >= 0.3 is 0 Å². The van der Waals surface area contributed by atoms with Crippen molar-refractivity contribution in [2.45, 2.75) is 58.3 Å². The highest BCUT2D eigenvalue weighted by atomic mass is 35.5. The molecule has 1 saturated heterocycles. The third-order valence-corrected chi connectivity index (χ3v) is 6.58. The van der Waals surface area contributed by atoms with Gasteiger partial charge in [-0.2, -0.15) is 0 Å². The average molecular weight is 446 g/mol. The number of hydrogen-bond donors (Lipinski definition) is 0. The third-order valence-electron chi connectivity index (χ3n) is 6.33. The van der Waals surface area contributed by atoms with Crippen molar-refractivity contribution in [2.75, 3.05) is 39.8 Å². The summed E-state index contributed by atoms with van der Waals surface area (Å²) in [5.41, 5.74) is 1.88. The van der Waals surface area contributed by atoms with Crippen LogP contribution in [0.25, 0.3) is 5.57 Å². The molecule has 2 aliphatic heterocycles. The number of halogens is 1. The topological polar surface area (TPSA) is 43.9 Å². The van der Waals surface area contributed by atoms with E-state index in [0.29, 0.717) is 22.8 Å². The van der Waals surface area contributed by atoms with E-state index in [2.05, 4.69) is 23.8 Å². The number of amides is 2. The lowest BCUT2D eigenvalue weighted by molar-refractivity contribution is -0.137. The molecule has 0 N–H and O–H groups in total. The third kappa shape index (κ3) is 6.11. The fraction of sp³-hybridized carbons (Fsp3) is 0.600. The van der Waals surface area contributed by atoms with Crippen LogP contribution in [0.3, 0.4) is 0 Å². The van der Waals surface area contributed by atoms with E-state index in [1.165, 1.54) is 43.4 Å². The smallest absolute Gasteiger partial charge is 0.277 e. The lowest BCUT2D eigenvalue weighted by atomic mass is 10.0. The molecule has 2 aliphatic rings. The van der Waals surface area contributed by atoms with Gasteiger partial charge in [-0.15, -0.1) is 0 Å². The fourth-order valence-corrected chi connectivity index (χ4v) is 4.50. The maximum atomic E-state index is 13.4. The van der Waals surface area contributed by atoms with Crippen molar-refractivity contribution in [3.8, 4) is 0 Å². The zero-order valence-electron chi connectivity index (χ0n) is 19.0. The number of unbranched alkanes of at least 4 members (excludes halogenated alkanes) is 7. The molecule has 2 heterocycles. The second kappa shape index (κ2) is 11.7. The number of imide groups is 1. The Balaban J connectivity index is 1.67. The molecular formula is C25H36ClN3O2. The number of carbonyl (C=O) groups excluding carboxylic acids is 2. The van der Waals surface area contributed by atoms with Crippen molar-refractivity contribution in [2.24, 2.45) is 0 Å². The summed E-state index contributed by atoms with van der Waals surface area (Å²) in [6, 6.07) is 7.26. The summed E-state index contributed by atoms with van der Waals surface area (Å²) in [4.78, 5) is 32.5. The van der Waals surface area contributed by atoms with Crippen molar-refractivity contribution >= 4 is 29.0 Å². The molecule has 0 saturated carbocycles. The lowest BCUT2D eigenvalue weighted by Crippen LogP contribution is -2.46. The van der Waals surface area contributed by atoms with Gasteiger partial charge in [0.05, 0.1) is 5.57 Å². The van der Waals surface area contributed by atoms with Gasteiger partial charge in [0.2, 0.25) is 0 Å². The fourth-order valence-electron chi connectivity index (χ4n) is 4.37. The first-order chi connectivity index (χ1) is 15.0. The lowest BCUT2D eigenvalue weighted by Gasteiger charge is -2.34. The Kier molecular flexibility index (Phi) is 8.97. The van der Waals surface area contributed by atoms with E-state index >= 15 is 0 Å². The summed E-state index contributed by atoms with van der Waals surface area (Å²) in [7, 11) is 2.09. The van der Waals surface area contributed by atoms with E-state index < -0.39 is 0 Å². The Morgan fingerprint density at radius 3 is 2.00 bits per heavy atom. The van der Waals surface area contributed by atoms with Crippen molar-refractivity contribution in [1.29, 1.82) is 0 Å². The van der Waals surface area contributed by atoms with Gasteiger partial charge < -0.3 is 9.80 Å². The summed E-state index contributed by atoms with van der Waals surface area (Å²) in [5, 5.41) is 0.623. The van der Waals surface area contributed by atoms with Gasteiger partial charge in [0.25, 0.3) is 11.8 Å². The molecule has 6 heteroatoms. The number of likely N-dealkylation sites (N-methyl/N-ethyl adjacent to an activating group) is 1. The van der Waals surface area contributed by atoms with Crippen LogP contribution in [0.15, 0.2) is 30.0 Å². The van der Waals surface area contributed by atoms with Crippen LogP contribution < -0.4 is 0 Å². The highest BCUT2D eigenvalue weighted by molar-refractivity contribution is 6.36. The summed E-state index contributed by atoms with van der Waals surface area (Å²) in [6.07, 6.45) is 9.50. The predicted molar refractivity (Wildman–Crippen MR) is 127 cm³/mol. The molecule has 5 nitrogen and oxygen atoms in total. The van der Waals surface area contributed by atoms with Crippen LogP contribution in [-0.2, 0) is 9.59 Å². The van der Waals surface area contributed by atoms with Crippen LogP contribution in [-0.4, -0.2) is 66.3 Å². The standard InChI is InChI=1S/C25H36ClN3O2/c1-3-4-5-6-7-8-9-10-15-29-24(30)22(20-11-13-21(26)14-12-20)23(25(29)31)28-18-16-27(2)17-19-28/h11-14H,3-10,15-19H2,1-2H3. The van der Waals surface area contributed by atoms with Crippen LogP contribution in [0.1, 0.15) is 63.9 Å². The highest BCUT2D eigenvalue weighted by Gasteiger charge is 2.41. The van der Waals surface area contributed by atoms with E-state index in [4.69, 9.17) is 11.6 Å². The normalized spacial score (nSPS) is 17.9. The summed E-state index contributed by atoms with van der Waals surface area (Å²) in [5.74, 6) is -0.299. The monoisotopic (exact) mass is 445 g/mol. The van der Waals surface area contributed by atoms with E-state index in [1.807, 2.05) is 12.1 Å². The van der Waals surface area contributed by atoms with Crippen molar-refractivity contribution in [3.63, 3.8) is 0 Å². The molecule has 31 heavy (non-hydrogen) atoms. The summed E-state index contributed by atoms with van der Waals surface area (Å²) < 4.78 is 0. The van der Waals surface area contributed by atoms with Crippen LogP contribution in [0, 0.1) is 0 Å². The minimum Gasteiger partial charge on any atom is -0.364 e. The molecule has 2 amide bonds. The minimum atomic E-state index is -0.163. The second-order valence-electron chi connectivity index (χ2n) is 8.76. The molecule has 0 radical (unpaired) electrons. The number of rotatable bonds is 11. The number of nitrogens with zero attached hydrogens (tertiary/aromatic N) is 3. The highest BCUT2D eigenvalue weighted by Crippen LogP contribution is 2.33. The van der Waals surface area contributed by atoms with Crippen LogP contribution in [0.2, 0.25) is 5.02 Å². The number of hydrogen-bond acceptors (Lipinski definition) is 4. The zero-order chi connectivity index (χ0) is 22.2. The van der Waals surface area contributed by atoms with Crippen LogP contribution in [0.5, 0.6) is 0 Å². The number of piperazine rings is 1. The summed E-state index contributed by atoms with van der Waals surface area (Å²) >= 11 is 6.06. The van der Waals surface area contributed by atoms with Gasteiger partial charge in [0.1, 0.15) is 5.70 Å². The Morgan fingerprint density at radius 2 is 1.39 bits per heavy atom. The molecule has 0 spiro atoms. The molecule has 0 atom stereocenters. The van der Waals surface area contributed by atoms with E-state index in [1.54, 1.807) is 12.1 Å². The molecule has 0 aromatic heterocycles. The first kappa shape index (κ1) is 23.8. The molecular weight excluding hydrogens is 410 g/mol. The molecule has 1 aromatic carbocycles. The quantitative estimate of drug-likeness (QED) is 0.362. The Morgan fingerprint density at radius 1 is 0.806 bits per heavy atom. The van der Waals surface area contributed by atoms with Gasteiger partial charge in [0.15, 0.2) is 0 Å². The second-order valence-corrected chi connectivity index (χ2v) is 9.19. The SMILES string of the molecule is CCCCCCCCCCN1C(=O)C(c2ccc(Cl)cc2)=C(N2CCN(C)CC2)C1=O. The molecule has 170 valence electrons. The van der Waals surface area contributed by atoms with Crippen molar-refractivity contribution in [3.05, 3.63) is 40.5 Å². The largest absolute Gasteiger partial charge is 0.364 e. The average Bonchev–Trinajstić information content (AvgIpc) is 3.01. The van der Waals surface area contributed by atoms with Gasteiger partial charge in [-0.25, -0.2) is 0 Å². The van der Waals surface area contributed by atoms with E-state index in [0.717, 1.165) is 44.6 Å².